The number of nitrogens with one attached hydrogen (secondary N) is 1. The Bertz CT molecular complexity index is 1630. The third kappa shape index (κ3) is 5.39. The highest BCUT2D eigenvalue weighted by atomic mass is 16.5. The molecule has 6 rings (SSSR count). The molecular formula is C30H33N7O4. The number of aromatic nitrogens is 5. The predicted molar refractivity (Wildman–Crippen MR) is 154 cm³/mol. The first-order valence-corrected chi connectivity index (χ1v) is 13.9. The van der Waals surface area contributed by atoms with Crippen molar-refractivity contribution in [3.63, 3.8) is 0 Å². The summed E-state index contributed by atoms with van der Waals surface area (Å²) in [5.41, 5.74) is 4.24. The lowest BCUT2D eigenvalue weighted by molar-refractivity contribution is -0.132. The number of hydrogen-bond donors (Lipinski definition) is 1. The van der Waals surface area contributed by atoms with Crippen molar-refractivity contribution in [1.29, 1.82) is 0 Å². The number of rotatable bonds is 4. The molecule has 1 aromatic carbocycles. The van der Waals surface area contributed by atoms with E-state index in [4.69, 9.17) is 14.5 Å². The number of fused-ring (bicyclic) bond motifs is 7. The van der Waals surface area contributed by atoms with Crippen LogP contribution in [-0.2, 0) is 18.4 Å². The summed E-state index contributed by atoms with van der Waals surface area (Å²) in [7, 11) is 1.84. The predicted octanol–water partition coefficient (Wildman–Crippen LogP) is 3.98. The highest BCUT2D eigenvalue weighted by Gasteiger charge is 2.29. The van der Waals surface area contributed by atoms with Crippen molar-refractivity contribution < 1.29 is 19.1 Å². The van der Waals surface area contributed by atoms with Crippen LogP contribution in [0.4, 0.5) is 5.95 Å². The molecule has 1 saturated heterocycles. The second-order valence-electron chi connectivity index (χ2n) is 10.6. The van der Waals surface area contributed by atoms with Gasteiger partial charge < -0.3 is 18.9 Å². The molecule has 3 aromatic heterocycles. The summed E-state index contributed by atoms with van der Waals surface area (Å²) >= 11 is 0. The van der Waals surface area contributed by atoms with Crippen molar-refractivity contribution in [2.24, 2.45) is 13.0 Å². The third-order valence-electron chi connectivity index (χ3n) is 7.51. The van der Waals surface area contributed by atoms with Crippen LogP contribution in [0.15, 0.2) is 49.2 Å². The Kier molecular flexibility index (Phi) is 7.17. The van der Waals surface area contributed by atoms with E-state index in [1.54, 1.807) is 27.9 Å². The number of anilines is 1. The minimum Gasteiger partial charge on any atom is -0.493 e. The SMILES string of the molecule is C=CC(=O)N1CC(COc2ccc3nc4n(c3c2)CCCCCOc2c(cnn2C)-c2cc(cc(C)n2)C(=O)N4)C1. The Hall–Kier alpha value is -4.67. The number of carbonyl (C=O) groups excluding carboxylic acids is 2. The van der Waals surface area contributed by atoms with Gasteiger partial charge in [0.05, 0.1) is 41.7 Å². The maximum Gasteiger partial charge on any atom is 0.258 e. The molecule has 41 heavy (non-hydrogen) atoms. The Morgan fingerprint density at radius 2 is 2.05 bits per heavy atom. The number of benzene rings is 1. The van der Waals surface area contributed by atoms with Gasteiger partial charge in [0.2, 0.25) is 17.7 Å². The molecule has 4 aromatic rings. The molecule has 11 nitrogen and oxygen atoms in total. The van der Waals surface area contributed by atoms with Crippen LogP contribution in [0, 0.1) is 12.8 Å². The quantitative estimate of drug-likeness (QED) is 0.379. The average molecular weight is 556 g/mol. The molecule has 2 bridgehead atoms. The van der Waals surface area contributed by atoms with Crippen molar-refractivity contribution in [3.05, 3.63) is 60.4 Å². The fourth-order valence-electron chi connectivity index (χ4n) is 5.31. The summed E-state index contributed by atoms with van der Waals surface area (Å²) in [6.45, 7) is 8.49. The van der Waals surface area contributed by atoms with Gasteiger partial charge in [-0.25, -0.2) is 9.67 Å². The van der Waals surface area contributed by atoms with E-state index >= 15 is 0 Å². The minimum absolute atomic E-state index is 0.0472. The van der Waals surface area contributed by atoms with Crippen LogP contribution in [-0.4, -0.2) is 67.3 Å². The zero-order valence-electron chi connectivity index (χ0n) is 23.3. The Morgan fingerprint density at radius 3 is 2.88 bits per heavy atom. The summed E-state index contributed by atoms with van der Waals surface area (Å²) < 4.78 is 16.0. The Balaban J connectivity index is 1.27. The van der Waals surface area contributed by atoms with Crippen LogP contribution in [0.1, 0.15) is 35.3 Å². The van der Waals surface area contributed by atoms with Gasteiger partial charge in [-0.05, 0) is 56.5 Å². The fraction of sp³-hybridized carbons (Fsp3) is 0.367. The van der Waals surface area contributed by atoms with E-state index < -0.39 is 0 Å². The number of likely N-dealkylation sites (tertiary alicyclic amines) is 1. The van der Waals surface area contributed by atoms with Gasteiger partial charge in [-0.3, -0.25) is 19.9 Å². The first kappa shape index (κ1) is 26.5. The smallest absolute Gasteiger partial charge is 0.258 e. The number of carbonyl (C=O) groups is 2. The van der Waals surface area contributed by atoms with Gasteiger partial charge in [-0.15, -0.1) is 0 Å². The van der Waals surface area contributed by atoms with Gasteiger partial charge in [-0.1, -0.05) is 6.58 Å². The van der Waals surface area contributed by atoms with Crippen LogP contribution >= 0.6 is 0 Å². The van der Waals surface area contributed by atoms with Crippen LogP contribution in [0.3, 0.4) is 0 Å². The standard InChI is InChI=1S/C30H33N7O4/c1-4-27(38)36-16-20(17-36)18-41-22-8-9-24-26(14-22)37-10-6-5-7-11-40-29-23(15-31-35(29)3)25-13-21(12-19(2)32-25)28(39)34-30(37)33-24/h4,8-9,12-15,20H,1,5-7,10-11,16-18H2,2-3H3,(H,33,34,39). The lowest BCUT2D eigenvalue weighted by Crippen LogP contribution is -2.51. The van der Waals surface area contributed by atoms with Gasteiger partial charge >= 0.3 is 0 Å². The zero-order chi connectivity index (χ0) is 28.5. The second kappa shape index (κ2) is 11.1. The maximum absolute atomic E-state index is 13.5. The molecule has 1 N–H and O–H groups in total. The zero-order valence-corrected chi connectivity index (χ0v) is 23.3. The molecule has 11 heteroatoms. The monoisotopic (exact) mass is 555 g/mol. The molecule has 5 heterocycles. The molecule has 1 fully saturated rings. The molecule has 0 saturated carbocycles. The highest BCUT2D eigenvalue weighted by Crippen LogP contribution is 2.31. The van der Waals surface area contributed by atoms with Crippen molar-refractivity contribution in [2.75, 3.05) is 31.6 Å². The average Bonchev–Trinajstić information content (AvgIpc) is 3.47. The number of pyridine rings is 1. The summed E-state index contributed by atoms with van der Waals surface area (Å²) in [6, 6.07) is 9.30. The van der Waals surface area contributed by atoms with Crippen molar-refractivity contribution in [3.8, 4) is 22.9 Å². The van der Waals surface area contributed by atoms with Crippen molar-refractivity contribution >= 4 is 28.8 Å². The molecule has 212 valence electrons. The van der Waals surface area contributed by atoms with E-state index in [2.05, 4.69) is 22.0 Å². The Labute approximate surface area is 237 Å². The first-order valence-electron chi connectivity index (χ1n) is 13.9. The van der Waals surface area contributed by atoms with E-state index in [0.717, 1.165) is 41.6 Å². The van der Waals surface area contributed by atoms with E-state index in [-0.39, 0.29) is 17.7 Å². The Morgan fingerprint density at radius 1 is 1.20 bits per heavy atom. The summed E-state index contributed by atoms with van der Waals surface area (Å²) in [5.74, 6) is 1.82. The van der Waals surface area contributed by atoms with Crippen molar-refractivity contribution in [1.82, 2.24) is 29.2 Å². The molecule has 2 aliphatic rings. The molecule has 0 atom stereocenters. The van der Waals surface area contributed by atoms with Crippen molar-refractivity contribution in [2.45, 2.75) is 32.7 Å². The fourth-order valence-corrected chi connectivity index (χ4v) is 5.31. The minimum atomic E-state index is -0.269. The first-order chi connectivity index (χ1) is 19.9. The number of hydrogen-bond acceptors (Lipinski definition) is 7. The summed E-state index contributed by atoms with van der Waals surface area (Å²) in [6.07, 6.45) is 5.74. The lowest BCUT2D eigenvalue weighted by atomic mass is 10.0. The largest absolute Gasteiger partial charge is 0.493 e. The summed E-state index contributed by atoms with van der Waals surface area (Å²) in [4.78, 5) is 36.4. The molecule has 0 spiro atoms. The van der Waals surface area contributed by atoms with Crippen LogP contribution in [0.5, 0.6) is 11.6 Å². The lowest BCUT2D eigenvalue weighted by Gasteiger charge is -2.38. The van der Waals surface area contributed by atoms with Gasteiger partial charge in [-0.2, -0.15) is 5.10 Å². The van der Waals surface area contributed by atoms with Gasteiger partial charge in [0.25, 0.3) is 5.91 Å². The number of aryl methyl sites for hydroxylation is 3. The highest BCUT2D eigenvalue weighted by molar-refractivity contribution is 6.04. The van der Waals surface area contributed by atoms with E-state index in [1.807, 2.05) is 36.7 Å². The van der Waals surface area contributed by atoms with Gasteiger partial charge in [0.1, 0.15) is 5.75 Å². The normalized spacial score (nSPS) is 16.0. The molecule has 0 radical (unpaired) electrons. The van der Waals surface area contributed by atoms with E-state index in [0.29, 0.717) is 61.6 Å². The number of imidazole rings is 1. The number of nitrogens with zero attached hydrogens (tertiary/aromatic N) is 6. The topological polar surface area (TPSA) is 116 Å². The van der Waals surface area contributed by atoms with Gasteiger partial charge in [0.15, 0.2) is 0 Å². The molecule has 2 amide bonds. The molecular weight excluding hydrogens is 522 g/mol. The second-order valence-corrected chi connectivity index (χ2v) is 10.6. The number of ether oxygens (including phenoxy) is 2. The van der Waals surface area contributed by atoms with Crippen LogP contribution < -0.4 is 14.8 Å². The summed E-state index contributed by atoms with van der Waals surface area (Å²) in [5, 5.41) is 7.40. The molecule has 0 unspecified atom stereocenters. The van der Waals surface area contributed by atoms with Gasteiger partial charge in [0, 0.05) is 49.9 Å². The molecule has 2 aliphatic heterocycles. The van der Waals surface area contributed by atoms with E-state index in [9.17, 15) is 9.59 Å². The van der Waals surface area contributed by atoms with Crippen LogP contribution in [0.2, 0.25) is 0 Å². The number of amides is 2. The molecule has 0 aliphatic carbocycles. The van der Waals surface area contributed by atoms with Crippen LogP contribution in [0.25, 0.3) is 22.3 Å². The maximum atomic E-state index is 13.5. The third-order valence-corrected chi connectivity index (χ3v) is 7.51. The van der Waals surface area contributed by atoms with E-state index in [1.165, 1.54) is 6.08 Å².